The normalized spacial score (nSPS) is 12.1. The Hall–Kier alpha value is -1.88. The van der Waals surface area contributed by atoms with Crippen LogP contribution in [0.2, 0.25) is 0 Å². The highest BCUT2D eigenvalue weighted by Gasteiger charge is 2.26. The summed E-state index contributed by atoms with van der Waals surface area (Å²) in [7, 11) is 1.29. The van der Waals surface area contributed by atoms with Gasteiger partial charge in [-0.2, -0.15) is 0 Å². The van der Waals surface area contributed by atoms with E-state index in [0.29, 0.717) is 0 Å². The number of carbonyl (C=O) groups is 2. The first kappa shape index (κ1) is 15.2. The van der Waals surface area contributed by atoms with Crippen molar-refractivity contribution in [2.45, 2.75) is 25.9 Å². The molecule has 0 spiro atoms. The summed E-state index contributed by atoms with van der Waals surface area (Å²) in [5.41, 5.74) is 6.68. The van der Waals surface area contributed by atoms with Crippen molar-refractivity contribution in [2.24, 2.45) is 5.73 Å². The highest BCUT2D eigenvalue weighted by molar-refractivity contribution is 5.86. The monoisotopic (exact) mass is 264 g/mol. The van der Waals surface area contributed by atoms with Crippen molar-refractivity contribution in [1.82, 2.24) is 4.90 Å². The second-order valence-corrected chi connectivity index (χ2v) is 4.52. The maximum Gasteiger partial charge on any atom is 0.325 e. The molecule has 0 heterocycles. The largest absolute Gasteiger partial charge is 0.468 e. The third-order valence-electron chi connectivity index (χ3n) is 2.86. The van der Waals surface area contributed by atoms with Gasteiger partial charge in [-0.05, 0) is 19.4 Å². The number of nitrogens with zero attached hydrogens (tertiary/aromatic N) is 1. The fourth-order valence-electron chi connectivity index (χ4n) is 1.70. The Morgan fingerprint density at radius 1 is 1.26 bits per heavy atom. The van der Waals surface area contributed by atoms with Crippen molar-refractivity contribution in [3.8, 4) is 0 Å². The Balaban J connectivity index is 2.85. The van der Waals surface area contributed by atoms with Gasteiger partial charge in [-0.15, -0.1) is 0 Å². The Morgan fingerprint density at radius 2 is 1.84 bits per heavy atom. The van der Waals surface area contributed by atoms with Crippen molar-refractivity contribution in [3.05, 3.63) is 35.9 Å². The molecule has 2 N–H and O–H groups in total. The first-order valence-corrected chi connectivity index (χ1v) is 6.15. The summed E-state index contributed by atoms with van der Waals surface area (Å²) in [4.78, 5) is 25.1. The molecule has 19 heavy (non-hydrogen) atoms. The summed E-state index contributed by atoms with van der Waals surface area (Å²) >= 11 is 0. The summed E-state index contributed by atoms with van der Waals surface area (Å²) < 4.78 is 4.59. The molecular weight excluding hydrogens is 244 g/mol. The maximum atomic E-state index is 12.3. The number of esters is 1. The minimum atomic E-state index is -0.770. The SMILES string of the molecule is COC(=O)CN(C(=O)[C@@H](N)c1ccccc1)C(C)C. The predicted molar refractivity (Wildman–Crippen MR) is 72.2 cm³/mol. The summed E-state index contributed by atoms with van der Waals surface area (Å²) in [6.45, 7) is 3.57. The third kappa shape index (κ3) is 4.06. The molecule has 104 valence electrons. The Morgan fingerprint density at radius 3 is 2.32 bits per heavy atom. The van der Waals surface area contributed by atoms with Gasteiger partial charge in [0.15, 0.2) is 0 Å². The molecule has 1 rings (SSSR count). The Kier molecular flexibility index (Phi) is 5.51. The number of hydrogen-bond donors (Lipinski definition) is 1. The molecule has 0 bridgehead atoms. The highest BCUT2D eigenvalue weighted by atomic mass is 16.5. The van der Waals surface area contributed by atoms with Crippen molar-refractivity contribution in [3.63, 3.8) is 0 Å². The minimum Gasteiger partial charge on any atom is -0.468 e. The van der Waals surface area contributed by atoms with Gasteiger partial charge >= 0.3 is 5.97 Å². The van der Waals surface area contributed by atoms with Crippen LogP contribution in [0.4, 0.5) is 0 Å². The van der Waals surface area contributed by atoms with E-state index in [0.717, 1.165) is 5.56 Å². The van der Waals surface area contributed by atoms with Crippen LogP contribution in [0.25, 0.3) is 0 Å². The van der Waals surface area contributed by atoms with Crippen molar-refractivity contribution in [2.75, 3.05) is 13.7 Å². The van der Waals surface area contributed by atoms with Crippen LogP contribution in [-0.2, 0) is 14.3 Å². The molecule has 5 nitrogen and oxygen atoms in total. The Bertz CT molecular complexity index is 432. The number of nitrogens with two attached hydrogens (primary N) is 1. The van der Waals surface area contributed by atoms with E-state index in [1.807, 2.05) is 32.0 Å². The van der Waals surface area contributed by atoms with E-state index in [2.05, 4.69) is 4.74 Å². The topological polar surface area (TPSA) is 72.6 Å². The van der Waals surface area contributed by atoms with E-state index in [1.54, 1.807) is 12.1 Å². The van der Waals surface area contributed by atoms with E-state index < -0.39 is 12.0 Å². The number of benzene rings is 1. The second kappa shape index (κ2) is 6.89. The van der Waals surface area contributed by atoms with Crippen LogP contribution < -0.4 is 5.73 Å². The molecule has 1 aromatic rings. The molecule has 0 fully saturated rings. The molecule has 0 aliphatic heterocycles. The molecule has 0 unspecified atom stereocenters. The fourth-order valence-corrected chi connectivity index (χ4v) is 1.70. The van der Waals surface area contributed by atoms with Gasteiger partial charge in [0, 0.05) is 6.04 Å². The molecule has 0 saturated heterocycles. The minimum absolute atomic E-state index is 0.0897. The molecule has 0 saturated carbocycles. The van der Waals surface area contributed by atoms with Crippen molar-refractivity contribution in [1.29, 1.82) is 0 Å². The van der Waals surface area contributed by atoms with Gasteiger partial charge in [0.1, 0.15) is 12.6 Å². The van der Waals surface area contributed by atoms with Crippen LogP contribution in [0.5, 0.6) is 0 Å². The van der Waals surface area contributed by atoms with Crippen LogP contribution in [0, 0.1) is 0 Å². The summed E-state index contributed by atoms with van der Waals surface area (Å²) in [6.07, 6.45) is 0. The van der Waals surface area contributed by atoms with Crippen LogP contribution in [0.15, 0.2) is 30.3 Å². The van der Waals surface area contributed by atoms with Gasteiger partial charge in [-0.25, -0.2) is 0 Å². The molecule has 0 aromatic heterocycles. The molecule has 0 aliphatic carbocycles. The number of rotatable bonds is 5. The molecule has 1 amide bonds. The number of amides is 1. The molecule has 1 atom stereocenters. The van der Waals surface area contributed by atoms with Crippen LogP contribution in [-0.4, -0.2) is 36.5 Å². The van der Waals surface area contributed by atoms with Gasteiger partial charge < -0.3 is 15.4 Å². The van der Waals surface area contributed by atoms with Gasteiger partial charge in [0.25, 0.3) is 0 Å². The lowest BCUT2D eigenvalue weighted by Gasteiger charge is -2.28. The highest BCUT2D eigenvalue weighted by Crippen LogP contribution is 2.14. The zero-order valence-corrected chi connectivity index (χ0v) is 11.5. The molecule has 0 radical (unpaired) electrons. The first-order chi connectivity index (χ1) is 8.97. The lowest BCUT2D eigenvalue weighted by molar-refractivity contribution is -0.148. The van der Waals surface area contributed by atoms with Crippen molar-refractivity contribution >= 4 is 11.9 Å². The fraction of sp³-hybridized carbons (Fsp3) is 0.429. The van der Waals surface area contributed by atoms with E-state index in [4.69, 9.17) is 5.73 Å². The quantitative estimate of drug-likeness (QED) is 0.808. The number of hydrogen-bond acceptors (Lipinski definition) is 4. The van der Waals surface area contributed by atoms with Gasteiger partial charge in [0.05, 0.1) is 7.11 Å². The lowest BCUT2D eigenvalue weighted by Crippen LogP contribution is -2.45. The van der Waals surface area contributed by atoms with Crippen LogP contribution in [0.3, 0.4) is 0 Å². The number of carbonyl (C=O) groups excluding carboxylic acids is 2. The zero-order valence-electron chi connectivity index (χ0n) is 11.5. The van der Waals surface area contributed by atoms with E-state index in [-0.39, 0.29) is 18.5 Å². The van der Waals surface area contributed by atoms with E-state index in [1.165, 1.54) is 12.0 Å². The Labute approximate surface area is 113 Å². The van der Waals surface area contributed by atoms with E-state index in [9.17, 15) is 9.59 Å². The predicted octanol–water partition coefficient (Wildman–Crippen LogP) is 1.10. The lowest BCUT2D eigenvalue weighted by atomic mass is 10.1. The summed E-state index contributed by atoms with van der Waals surface area (Å²) in [6, 6.07) is 8.19. The number of ether oxygens (including phenoxy) is 1. The molecular formula is C14H20N2O3. The third-order valence-corrected chi connectivity index (χ3v) is 2.86. The van der Waals surface area contributed by atoms with Gasteiger partial charge in [0.2, 0.25) is 5.91 Å². The number of methoxy groups -OCH3 is 1. The zero-order chi connectivity index (χ0) is 14.4. The average molecular weight is 264 g/mol. The van der Waals surface area contributed by atoms with Gasteiger partial charge in [-0.3, -0.25) is 9.59 Å². The average Bonchev–Trinajstić information content (AvgIpc) is 2.43. The first-order valence-electron chi connectivity index (χ1n) is 6.15. The van der Waals surface area contributed by atoms with E-state index >= 15 is 0 Å². The smallest absolute Gasteiger partial charge is 0.325 e. The molecule has 0 aliphatic rings. The maximum absolute atomic E-state index is 12.3. The van der Waals surface area contributed by atoms with Crippen molar-refractivity contribution < 1.29 is 14.3 Å². The second-order valence-electron chi connectivity index (χ2n) is 4.52. The van der Waals surface area contributed by atoms with Gasteiger partial charge in [-0.1, -0.05) is 30.3 Å². The summed E-state index contributed by atoms with van der Waals surface area (Å²) in [5.74, 6) is -0.742. The van der Waals surface area contributed by atoms with Crippen LogP contribution in [0.1, 0.15) is 25.5 Å². The molecule has 1 aromatic carbocycles. The summed E-state index contributed by atoms with van der Waals surface area (Å²) in [5, 5.41) is 0. The molecule has 5 heteroatoms. The van der Waals surface area contributed by atoms with Crippen LogP contribution >= 0.6 is 0 Å². The standard InChI is InChI=1S/C14H20N2O3/c1-10(2)16(9-12(17)19-3)14(18)13(15)11-7-5-4-6-8-11/h4-8,10,13H,9,15H2,1-3H3/t13-/m0/s1.